The Morgan fingerprint density at radius 1 is 1.33 bits per heavy atom. The SMILES string of the molecule is Cc1nc2c(=O)n(C3CC3)c3cc(N4CCC(C(C)N)C4)c(F)cc3c2o1. The fourth-order valence-electron chi connectivity index (χ4n) is 4.28. The molecule has 3 aromatic rings. The Morgan fingerprint density at radius 3 is 2.78 bits per heavy atom. The molecule has 2 unspecified atom stereocenters. The summed E-state index contributed by atoms with van der Waals surface area (Å²) in [6, 6.07) is 3.55. The maximum Gasteiger partial charge on any atom is 0.281 e. The molecule has 2 N–H and O–H groups in total. The van der Waals surface area contributed by atoms with E-state index in [1.807, 2.05) is 17.9 Å². The lowest BCUT2D eigenvalue weighted by atomic mass is 10.0. The van der Waals surface area contributed by atoms with Gasteiger partial charge < -0.3 is 19.6 Å². The predicted molar refractivity (Wildman–Crippen MR) is 103 cm³/mol. The van der Waals surface area contributed by atoms with Crippen LogP contribution in [-0.2, 0) is 0 Å². The Morgan fingerprint density at radius 2 is 2.11 bits per heavy atom. The summed E-state index contributed by atoms with van der Waals surface area (Å²) in [6.07, 6.45) is 2.87. The van der Waals surface area contributed by atoms with E-state index in [4.69, 9.17) is 10.2 Å². The highest BCUT2D eigenvalue weighted by molar-refractivity contribution is 6.02. The number of pyridine rings is 1. The van der Waals surface area contributed by atoms with Crippen LogP contribution in [0.15, 0.2) is 21.3 Å². The highest BCUT2D eigenvalue weighted by Gasteiger charge is 2.31. The van der Waals surface area contributed by atoms with Crippen LogP contribution in [-0.4, -0.2) is 28.7 Å². The lowest BCUT2D eigenvalue weighted by Crippen LogP contribution is -2.30. The van der Waals surface area contributed by atoms with Crippen molar-refractivity contribution < 1.29 is 8.81 Å². The number of halogens is 1. The zero-order valence-electron chi connectivity index (χ0n) is 15.5. The van der Waals surface area contributed by atoms with E-state index in [-0.39, 0.29) is 29.0 Å². The Kier molecular flexibility index (Phi) is 3.59. The number of hydrogen-bond acceptors (Lipinski definition) is 5. The molecule has 27 heavy (non-hydrogen) atoms. The molecule has 5 rings (SSSR count). The summed E-state index contributed by atoms with van der Waals surface area (Å²) in [5.41, 5.74) is 7.82. The number of aryl methyl sites for hydroxylation is 1. The monoisotopic (exact) mass is 370 g/mol. The molecule has 6 nitrogen and oxygen atoms in total. The van der Waals surface area contributed by atoms with E-state index in [0.717, 1.165) is 37.9 Å². The summed E-state index contributed by atoms with van der Waals surface area (Å²) in [5, 5.41) is 0.612. The molecular formula is C20H23FN4O2. The quantitative estimate of drug-likeness (QED) is 0.767. The molecule has 0 amide bonds. The van der Waals surface area contributed by atoms with Gasteiger partial charge in [-0.1, -0.05) is 0 Å². The van der Waals surface area contributed by atoms with Crippen molar-refractivity contribution in [3.05, 3.63) is 34.2 Å². The van der Waals surface area contributed by atoms with E-state index >= 15 is 4.39 Å². The predicted octanol–water partition coefficient (Wildman–Crippen LogP) is 3.10. The molecule has 3 heterocycles. The standard InChI is InChI=1S/C20H23FN4O2/c1-10(22)12-5-6-24(9-12)17-8-16-14(7-15(17)21)19-18(23-11(2)27-19)20(26)25(16)13-3-4-13/h7-8,10,12-13H,3-6,9,22H2,1-2H3. The maximum absolute atomic E-state index is 15.1. The van der Waals surface area contributed by atoms with Gasteiger partial charge in [-0.2, -0.15) is 0 Å². The topological polar surface area (TPSA) is 77.3 Å². The number of nitrogens with zero attached hydrogens (tertiary/aromatic N) is 3. The summed E-state index contributed by atoms with van der Waals surface area (Å²) in [4.78, 5) is 19.3. The van der Waals surface area contributed by atoms with Crippen molar-refractivity contribution in [2.45, 2.75) is 45.2 Å². The van der Waals surface area contributed by atoms with Gasteiger partial charge in [0.2, 0.25) is 0 Å². The van der Waals surface area contributed by atoms with Gasteiger partial charge in [-0.15, -0.1) is 0 Å². The molecule has 142 valence electrons. The lowest BCUT2D eigenvalue weighted by molar-refractivity contribution is 0.487. The van der Waals surface area contributed by atoms with Crippen molar-refractivity contribution in [1.29, 1.82) is 0 Å². The van der Waals surface area contributed by atoms with Crippen LogP contribution < -0.4 is 16.2 Å². The summed E-state index contributed by atoms with van der Waals surface area (Å²) < 4.78 is 22.5. The van der Waals surface area contributed by atoms with E-state index in [0.29, 0.717) is 28.5 Å². The van der Waals surface area contributed by atoms with E-state index in [1.54, 1.807) is 11.5 Å². The minimum Gasteiger partial charge on any atom is -0.440 e. The molecule has 1 saturated heterocycles. The minimum atomic E-state index is -0.302. The summed E-state index contributed by atoms with van der Waals surface area (Å²) >= 11 is 0. The Balaban J connectivity index is 1.74. The van der Waals surface area contributed by atoms with Crippen molar-refractivity contribution >= 4 is 27.7 Å². The van der Waals surface area contributed by atoms with Gasteiger partial charge in [0.25, 0.3) is 5.56 Å². The first kappa shape index (κ1) is 16.7. The largest absolute Gasteiger partial charge is 0.440 e. The van der Waals surface area contributed by atoms with E-state index in [9.17, 15) is 4.79 Å². The second-order valence-corrected chi connectivity index (χ2v) is 7.99. The Hall–Kier alpha value is -2.41. The number of fused-ring (bicyclic) bond motifs is 3. The molecule has 7 heteroatoms. The van der Waals surface area contributed by atoms with E-state index < -0.39 is 0 Å². The van der Waals surface area contributed by atoms with Crippen LogP contribution in [0.1, 0.15) is 38.1 Å². The molecule has 2 fully saturated rings. The zero-order valence-corrected chi connectivity index (χ0v) is 15.5. The van der Waals surface area contributed by atoms with Gasteiger partial charge in [0.1, 0.15) is 5.82 Å². The fraction of sp³-hybridized carbons (Fsp3) is 0.500. The van der Waals surface area contributed by atoms with E-state index in [1.165, 1.54) is 6.07 Å². The lowest BCUT2D eigenvalue weighted by Gasteiger charge is -2.22. The first-order valence-corrected chi connectivity index (χ1v) is 9.59. The highest BCUT2D eigenvalue weighted by Crippen LogP contribution is 2.39. The van der Waals surface area contributed by atoms with Crippen LogP contribution in [0.2, 0.25) is 0 Å². The van der Waals surface area contributed by atoms with Crippen LogP contribution in [0.25, 0.3) is 22.0 Å². The third kappa shape index (κ3) is 2.56. The van der Waals surface area contributed by atoms with Crippen molar-refractivity contribution in [2.75, 3.05) is 18.0 Å². The number of aromatic nitrogens is 2. The Labute approximate surface area is 155 Å². The number of anilines is 1. The molecule has 1 aromatic carbocycles. The normalized spacial score (nSPS) is 21.5. The molecule has 1 aliphatic heterocycles. The number of nitrogens with two attached hydrogens (primary N) is 1. The first-order chi connectivity index (χ1) is 12.9. The maximum atomic E-state index is 15.1. The zero-order chi connectivity index (χ0) is 18.9. The van der Waals surface area contributed by atoms with Gasteiger partial charge in [-0.25, -0.2) is 9.37 Å². The molecule has 0 bridgehead atoms. The van der Waals surface area contributed by atoms with Crippen molar-refractivity contribution in [2.24, 2.45) is 11.7 Å². The second-order valence-electron chi connectivity index (χ2n) is 7.99. The van der Waals surface area contributed by atoms with Crippen LogP contribution in [0.5, 0.6) is 0 Å². The molecule has 2 aromatic heterocycles. The number of hydrogen-bond donors (Lipinski definition) is 1. The van der Waals surface area contributed by atoms with Crippen molar-refractivity contribution in [3.8, 4) is 0 Å². The van der Waals surface area contributed by atoms with Crippen LogP contribution in [0.3, 0.4) is 0 Å². The molecular weight excluding hydrogens is 347 g/mol. The van der Waals surface area contributed by atoms with Gasteiger partial charge in [0.15, 0.2) is 17.0 Å². The van der Waals surface area contributed by atoms with Gasteiger partial charge in [0.05, 0.1) is 11.2 Å². The summed E-state index contributed by atoms with van der Waals surface area (Å²) in [6.45, 7) is 5.21. The average Bonchev–Trinajstić information content (AvgIpc) is 3.17. The first-order valence-electron chi connectivity index (χ1n) is 9.59. The third-order valence-corrected chi connectivity index (χ3v) is 5.95. The Bertz CT molecular complexity index is 1110. The molecule has 2 aliphatic rings. The molecule has 1 aliphatic carbocycles. The number of rotatable bonds is 3. The van der Waals surface area contributed by atoms with E-state index in [2.05, 4.69) is 4.98 Å². The molecule has 0 spiro atoms. The average molecular weight is 370 g/mol. The highest BCUT2D eigenvalue weighted by atomic mass is 19.1. The number of benzene rings is 1. The van der Waals surface area contributed by atoms with Gasteiger partial charge in [0, 0.05) is 37.5 Å². The fourth-order valence-corrected chi connectivity index (χ4v) is 4.28. The van der Waals surface area contributed by atoms with Gasteiger partial charge in [-0.05, 0) is 44.2 Å². The molecule has 1 saturated carbocycles. The van der Waals surface area contributed by atoms with Gasteiger partial charge >= 0.3 is 0 Å². The second kappa shape index (κ2) is 5.79. The third-order valence-electron chi connectivity index (χ3n) is 5.95. The van der Waals surface area contributed by atoms with Gasteiger partial charge in [-0.3, -0.25) is 4.79 Å². The van der Waals surface area contributed by atoms with Crippen LogP contribution in [0, 0.1) is 18.7 Å². The number of oxazole rings is 1. The summed E-state index contributed by atoms with van der Waals surface area (Å²) in [7, 11) is 0. The van der Waals surface area contributed by atoms with Crippen molar-refractivity contribution in [3.63, 3.8) is 0 Å². The molecule has 2 atom stereocenters. The molecule has 0 radical (unpaired) electrons. The smallest absolute Gasteiger partial charge is 0.281 e. The van der Waals surface area contributed by atoms with Crippen molar-refractivity contribution in [1.82, 2.24) is 9.55 Å². The summed E-state index contributed by atoms with van der Waals surface area (Å²) in [5.74, 6) is 0.468. The minimum absolute atomic E-state index is 0.0833. The van der Waals surface area contributed by atoms with Crippen LogP contribution >= 0.6 is 0 Å². The van der Waals surface area contributed by atoms with Crippen LogP contribution in [0.4, 0.5) is 10.1 Å².